The number of benzene rings is 1. The molecule has 0 radical (unpaired) electrons. The predicted octanol–water partition coefficient (Wildman–Crippen LogP) is 2.04. The average molecular weight is 419 g/mol. The van der Waals surface area contributed by atoms with Gasteiger partial charge in [0.05, 0.1) is 17.9 Å². The van der Waals surface area contributed by atoms with Gasteiger partial charge in [0.25, 0.3) is 5.56 Å². The van der Waals surface area contributed by atoms with Crippen molar-refractivity contribution in [2.45, 2.75) is 26.3 Å². The molecule has 8 nitrogen and oxygen atoms in total. The van der Waals surface area contributed by atoms with Gasteiger partial charge in [0.1, 0.15) is 0 Å². The van der Waals surface area contributed by atoms with Crippen LogP contribution in [0.1, 0.15) is 18.4 Å². The Morgan fingerprint density at radius 3 is 2.81 bits per heavy atom. The largest absolute Gasteiger partial charge is 0.354 e. The number of aryl methyl sites for hydroxylation is 1. The second-order valence-corrected chi connectivity index (χ2v) is 7.78. The first kappa shape index (κ1) is 20.7. The maximum atomic E-state index is 12.6. The lowest BCUT2D eigenvalue weighted by Gasteiger charge is -2.32. The van der Waals surface area contributed by atoms with Crippen molar-refractivity contribution in [3.05, 3.63) is 70.9 Å². The molecule has 0 saturated carbocycles. The number of carbonyl (C=O) groups excluding carboxylic acids is 1. The molecule has 3 aromatic rings. The number of aromatic nitrogens is 4. The van der Waals surface area contributed by atoms with Gasteiger partial charge < -0.3 is 10.2 Å². The molecule has 1 aliphatic heterocycles. The Morgan fingerprint density at radius 2 is 2.03 bits per heavy atom. The van der Waals surface area contributed by atoms with Crippen LogP contribution in [0.25, 0.3) is 11.3 Å². The summed E-state index contributed by atoms with van der Waals surface area (Å²) in [5.74, 6) is 0.681. The minimum absolute atomic E-state index is 0.00567. The Balaban J connectivity index is 1.34. The summed E-state index contributed by atoms with van der Waals surface area (Å²) in [6.45, 7) is 4.32. The SMILES string of the molecule is Cc1ccccc1-c1ccc(N2CCCC(C(=O)NCCn3cnccc3=O)C2)nn1. The molecule has 4 rings (SSSR count). The predicted molar refractivity (Wildman–Crippen MR) is 119 cm³/mol. The molecule has 0 aliphatic carbocycles. The molecule has 1 fully saturated rings. The van der Waals surface area contributed by atoms with Gasteiger partial charge in [0.15, 0.2) is 5.82 Å². The monoisotopic (exact) mass is 418 g/mol. The van der Waals surface area contributed by atoms with Crippen LogP contribution in [-0.4, -0.2) is 45.3 Å². The van der Waals surface area contributed by atoms with E-state index in [1.54, 1.807) is 0 Å². The van der Waals surface area contributed by atoms with Gasteiger partial charge in [-0.15, -0.1) is 10.2 Å². The molecule has 1 amide bonds. The normalized spacial score (nSPS) is 16.2. The van der Waals surface area contributed by atoms with Crippen LogP contribution in [0.15, 0.2) is 59.8 Å². The van der Waals surface area contributed by atoms with Gasteiger partial charge in [-0.1, -0.05) is 24.3 Å². The highest BCUT2D eigenvalue weighted by atomic mass is 16.2. The van der Waals surface area contributed by atoms with Crippen LogP contribution in [0.3, 0.4) is 0 Å². The Labute approximate surface area is 181 Å². The second-order valence-electron chi connectivity index (χ2n) is 7.78. The van der Waals surface area contributed by atoms with E-state index >= 15 is 0 Å². The Morgan fingerprint density at radius 1 is 1.16 bits per heavy atom. The highest BCUT2D eigenvalue weighted by Crippen LogP contribution is 2.24. The van der Waals surface area contributed by atoms with E-state index in [2.05, 4.69) is 38.4 Å². The van der Waals surface area contributed by atoms with Crippen LogP contribution in [0.4, 0.5) is 5.82 Å². The van der Waals surface area contributed by atoms with Crippen LogP contribution in [-0.2, 0) is 11.3 Å². The highest BCUT2D eigenvalue weighted by Gasteiger charge is 2.26. The lowest BCUT2D eigenvalue weighted by molar-refractivity contribution is -0.125. The van der Waals surface area contributed by atoms with Crippen molar-refractivity contribution in [2.75, 3.05) is 24.5 Å². The van der Waals surface area contributed by atoms with E-state index in [0.717, 1.165) is 42.0 Å². The molecule has 1 aliphatic rings. The van der Waals surface area contributed by atoms with Crippen molar-refractivity contribution in [1.29, 1.82) is 0 Å². The summed E-state index contributed by atoms with van der Waals surface area (Å²) in [6, 6.07) is 13.5. The van der Waals surface area contributed by atoms with Crippen molar-refractivity contribution in [3.8, 4) is 11.3 Å². The molecule has 31 heavy (non-hydrogen) atoms. The molecule has 3 heterocycles. The Bertz CT molecular complexity index is 1100. The number of nitrogens with one attached hydrogen (secondary N) is 1. The second kappa shape index (κ2) is 9.51. The molecular weight excluding hydrogens is 392 g/mol. The number of nitrogens with zero attached hydrogens (tertiary/aromatic N) is 5. The maximum Gasteiger partial charge on any atom is 0.253 e. The fourth-order valence-electron chi connectivity index (χ4n) is 3.89. The fourth-order valence-corrected chi connectivity index (χ4v) is 3.89. The van der Waals surface area contributed by atoms with Crippen molar-refractivity contribution < 1.29 is 4.79 Å². The number of anilines is 1. The summed E-state index contributed by atoms with van der Waals surface area (Å²) >= 11 is 0. The van der Waals surface area contributed by atoms with Crippen LogP contribution in [0.5, 0.6) is 0 Å². The summed E-state index contributed by atoms with van der Waals surface area (Å²) in [7, 11) is 0. The van der Waals surface area contributed by atoms with Crippen LogP contribution < -0.4 is 15.8 Å². The first-order valence-corrected chi connectivity index (χ1v) is 10.5. The first-order valence-electron chi connectivity index (χ1n) is 10.5. The minimum Gasteiger partial charge on any atom is -0.354 e. The molecule has 1 saturated heterocycles. The van der Waals surface area contributed by atoms with E-state index in [0.29, 0.717) is 19.6 Å². The zero-order valence-electron chi connectivity index (χ0n) is 17.6. The third-order valence-electron chi connectivity index (χ3n) is 5.63. The van der Waals surface area contributed by atoms with Crippen molar-refractivity contribution in [3.63, 3.8) is 0 Å². The fraction of sp³-hybridized carbons (Fsp3) is 0.348. The van der Waals surface area contributed by atoms with Crippen molar-refractivity contribution in [1.82, 2.24) is 25.1 Å². The van der Waals surface area contributed by atoms with Crippen LogP contribution in [0.2, 0.25) is 0 Å². The number of hydrogen-bond acceptors (Lipinski definition) is 6. The number of amides is 1. The topological polar surface area (TPSA) is 93.0 Å². The summed E-state index contributed by atoms with van der Waals surface area (Å²) in [6.07, 6.45) is 4.70. The summed E-state index contributed by atoms with van der Waals surface area (Å²) in [4.78, 5) is 30.4. The molecular formula is C23H26N6O2. The molecule has 2 aromatic heterocycles. The standard InChI is InChI=1S/C23H26N6O2/c1-17-5-2-3-7-19(17)20-8-9-21(27-26-20)28-13-4-6-18(15-28)23(31)25-12-14-29-16-24-11-10-22(29)30/h2-3,5,7-11,16,18H,4,6,12-15H2,1H3,(H,25,31). The number of hydrogen-bond donors (Lipinski definition) is 1. The summed E-state index contributed by atoms with van der Waals surface area (Å²) in [5, 5.41) is 11.8. The van der Waals surface area contributed by atoms with Gasteiger partial charge in [-0.05, 0) is 37.5 Å². The molecule has 160 valence electrons. The maximum absolute atomic E-state index is 12.6. The van der Waals surface area contributed by atoms with Gasteiger partial charge in [-0.3, -0.25) is 14.2 Å². The molecule has 8 heteroatoms. The lowest BCUT2D eigenvalue weighted by atomic mass is 9.97. The van der Waals surface area contributed by atoms with E-state index in [-0.39, 0.29) is 17.4 Å². The molecule has 0 spiro atoms. The zero-order chi connectivity index (χ0) is 21.6. The zero-order valence-corrected chi connectivity index (χ0v) is 17.6. The Hall–Kier alpha value is -3.55. The van der Waals surface area contributed by atoms with E-state index < -0.39 is 0 Å². The molecule has 1 unspecified atom stereocenters. The number of carbonyl (C=O) groups is 1. The van der Waals surface area contributed by atoms with Gasteiger partial charge >= 0.3 is 0 Å². The minimum atomic E-state index is -0.124. The average Bonchev–Trinajstić information content (AvgIpc) is 2.81. The molecule has 1 atom stereocenters. The third-order valence-corrected chi connectivity index (χ3v) is 5.63. The van der Waals surface area contributed by atoms with Crippen molar-refractivity contribution in [2.24, 2.45) is 5.92 Å². The molecule has 1 N–H and O–H groups in total. The van der Waals surface area contributed by atoms with Gasteiger partial charge in [0.2, 0.25) is 5.91 Å². The third kappa shape index (κ3) is 4.96. The first-order chi connectivity index (χ1) is 15.1. The van der Waals surface area contributed by atoms with E-state index in [4.69, 9.17) is 0 Å². The van der Waals surface area contributed by atoms with Gasteiger partial charge in [0, 0.05) is 44.0 Å². The molecule has 1 aromatic carbocycles. The number of rotatable bonds is 6. The van der Waals surface area contributed by atoms with E-state index in [9.17, 15) is 9.59 Å². The summed E-state index contributed by atoms with van der Waals surface area (Å²) < 4.78 is 1.49. The van der Waals surface area contributed by atoms with E-state index in [1.165, 1.54) is 23.2 Å². The van der Waals surface area contributed by atoms with Crippen LogP contribution in [0, 0.1) is 12.8 Å². The van der Waals surface area contributed by atoms with Crippen molar-refractivity contribution >= 4 is 11.7 Å². The highest BCUT2D eigenvalue weighted by molar-refractivity contribution is 5.79. The van der Waals surface area contributed by atoms with Gasteiger partial charge in [-0.2, -0.15) is 0 Å². The quantitative estimate of drug-likeness (QED) is 0.659. The smallest absolute Gasteiger partial charge is 0.253 e. The van der Waals surface area contributed by atoms with Crippen LogP contribution >= 0.6 is 0 Å². The number of piperidine rings is 1. The molecule has 0 bridgehead atoms. The Kier molecular flexibility index (Phi) is 6.35. The van der Waals surface area contributed by atoms with E-state index in [1.807, 2.05) is 30.3 Å². The van der Waals surface area contributed by atoms with Gasteiger partial charge in [-0.25, -0.2) is 4.98 Å². The lowest BCUT2D eigenvalue weighted by Crippen LogP contribution is -2.44. The summed E-state index contributed by atoms with van der Waals surface area (Å²) in [5.41, 5.74) is 2.96.